The van der Waals surface area contributed by atoms with Crippen molar-refractivity contribution in [2.45, 2.75) is 44.4 Å². The molecule has 102 valence electrons. The van der Waals surface area contributed by atoms with Crippen LogP contribution in [0.25, 0.3) is 0 Å². The van der Waals surface area contributed by atoms with Gasteiger partial charge in [0.2, 0.25) is 0 Å². The molecule has 0 aromatic heterocycles. The molecule has 1 heterocycles. The fourth-order valence-electron chi connectivity index (χ4n) is 3.01. The monoisotopic (exact) mass is 274 g/mol. The lowest BCUT2D eigenvalue weighted by Gasteiger charge is -2.25. The van der Waals surface area contributed by atoms with Gasteiger partial charge in [0.15, 0.2) is 5.78 Å². The lowest BCUT2D eigenvalue weighted by Crippen LogP contribution is -2.14. The van der Waals surface area contributed by atoms with Crippen LogP contribution in [0.2, 0.25) is 0 Å². The molecule has 0 N–H and O–H groups in total. The maximum absolute atomic E-state index is 12.3. The van der Waals surface area contributed by atoms with Gasteiger partial charge in [0.05, 0.1) is 0 Å². The molecule has 1 nitrogen and oxygen atoms in total. The van der Waals surface area contributed by atoms with E-state index in [0.717, 1.165) is 17.9 Å². The Morgan fingerprint density at radius 3 is 2.32 bits per heavy atom. The third-order valence-electron chi connectivity index (χ3n) is 4.62. The van der Waals surface area contributed by atoms with E-state index in [2.05, 4.69) is 12.1 Å². The maximum atomic E-state index is 12.3. The molecule has 19 heavy (non-hydrogen) atoms. The van der Waals surface area contributed by atoms with Crippen molar-refractivity contribution >= 4 is 17.5 Å². The highest BCUT2D eigenvalue weighted by molar-refractivity contribution is 7.99. The molecule has 0 spiro atoms. The Kier molecular flexibility index (Phi) is 4.27. The average molecular weight is 274 g/mol. The Morgan fingerprint density at radius 2 is 1.74 bits per heavy atom. The van der Waals surface area contributed by atoms with Crippen LogP contribution in [0.5, 0.6) is 0 Å². The van der Waals surface area contributed by atoms with E-state index in [1.807, 2.05) is 23.9 Å². The van der Waals surface area contributed by atoms with Gasteiger partial charge >= 0.3 is 0 Å². The summed E-state index contributed by atoms with van der Waals surface area (Å²) in [7, 11) is 0. The Morgan fingerprint density at radius 1 is 1.05 bits per heavy atom. The van der Waals surface area contributed by atoms with E-state index in [1.54, 1.807) is 0 Å². The number of thioether (sulfide) groups is 1. The van der Waals surface area contributed by atoms with Crippen molar-refractivity contribution in [3.05, 3.63) is 35.4 Å². The second-order valence-electron chi connectivity index (χ2n) is 5.93. The largest absolute Gasteiger partial charge is 0.294 e. The fourth-order valence-corrected chi connectivity index (χ4v) is 4.22. The summed E-state index contributed by atoms with van der Waals surface area (Å²) in [6, 6.07) is 8.45. The lowest BCUT2D eigenvalue weighted by atomic mass is 9.80. The summed E-state index contributed by atoms with van der Waals surface area (Å²) in [6.45, 7) is 0. The third-order valence-corrected chi connectivity index (χ3v) is 5.67. The van der Waals surface area contributed by atoms with E-state index in [1.165, 1.54) is 49.2 Å². The Balaban J connectivity index is 1.59. The van der Waals surface area contributed by atoms with Crippen molar-refractivity contribution < 1.29 is 4.79 Å². The molecular formula is C17H22OS. The molecule has 1 aromatic rings. The summed E-state index contributed by atoms with van der Waals surface area (Å²) in [5.41, 5.74) is 2.35. The van der Waals surface area contributed by atoms with Crippen molar-refractivity contribution in [1.29, 1.82) is 0 Å². The van der Waals surface area contributed by atoms with Crippen molar-refractivity contribution in [3.8, 4) is 0 Å². The topological polar surface area (TPSA) is 17.1 Å². The Labute approximate surface area is 120 Å². The van der Waals surface area contributed by atoms with Crippen LogP contribution in [-0.2, 0) is 0 Å². The minimum Gasteiger partial charge on any atom is -0.294 e. The average Bonchev–Trinajstić information content (AvgIpc) is 2.39. The van der Waals surface area contributed by atoms with E-state index >= 15 is 0 Å². The first-order valence-corrected chi connectivity index (χ1v) is 8.69. The molecule has 0 unspecified atom stereocenters. The van der Waals surface area contributed by atoms with E-state index in [0.29, 0.717) is 11.7 Å². The van der Waals surface area contributed by atoms with Gasteiger partial charge in [-0.3, -0.25) is 4.79 Å². The number of benzene rings is 1. The van der Waals surface area contributed by atoms with Gasteiger partial charge in [-0.05, 0) is 54.6 Å². The normalized spacial score (nSPS) is 21.1. The van der Waals surface area contributed by atoms with Gasteiger partial charge in [0, 0.05) is 12.0 Å². The predicted octanol–water partition coefficient (Wildman–Crippen LogP) is 4.67. The van der Waals surface area contributed by atoms with Gasteiger partial charge in [0.1, 0.15) is 0 Å². The summed E-state index contributed by atoms with van der Waals surface area (Å²) in [6.07, 6.45) is 7.21. The molecular weight excluding hydrogens is 252 g/mol. The first-order chi connectivity index (χ1) is 9.33. The molecule has 1 aliphatic heterocycles. The molecule has 1 saturated heterocycles. The molecule has 2 aliphatic rings. The summed E-state index contributed by atoms with van der Waals surface area (Å²) in [5.74, 6) is 4.20. The van der Waals surface area contributed by atoms with Gasteiger partial charge in [-0.1, -0.05) is 30.7 Å². The maximum Gasteiger partial charge on any atom is 0.163 e. The molecule has 3 rings (SSSR count). The fraction of sp³-hybridized carbons (Fsp3) is 0.588. The van der Waals surface area contributed by atoms with Crippen molar-refractivity contribution in [2.75, 3.05) is 11.5 Å². The third kappa shape index (κ3) is 3.22. The molecule has 0 amide bonds. The summed E-state index contributed by atoms with van der Waals surface area (Å²) >= 11 is 2.02. The number of hydrogen-bond donors (Lipinski definition) is 0. The van der Waals surface area contributed by atoms with Crippen LogP contribution in [0.4, 0.5) is 0 Å². The number of carbonyl (C=O) groups excluding carboxylic acids is 1. The van der Waals surface area contributed by atoms with Crippen molar-refractivity contribution in [1.82, 2.24) is 0 Å². The van der Waals surface area contributed by atoms with Gasteiger partial charge in [0.25, 0.3) is 0 Å². The molecule has 1 aliphatic carbocycles. The Hall–Kier alpha value is -0.760. The number of rotatable bonds is 4. The van der Waals surface area contributed by atoms with Crippen LogP contribution in [0.3, 0.4) is 0 Å². The standard InChI is InChI=1S/C17H22OS/c18-17(12-13-8-10-19-11-9-13)16-6-4-15(5-7-16)14-2-1-3-14/h4-7,13-14H,1-3,8-12H2. The van der Waals surface area contributed by atoms with E-state index in [-0.39, 0.29) is 0 Å². The Bertz CT molecular complexity index is 427. The predicted molar refractivity (Wildman–Crippen MR) is 82.0 cm³/mol. The molecule has 2 fully saturated rings. The zero-order chi connectivity index (χ0) is 13.1. The van der Waals surface area contributed by atoms with Crippen LogP contribution >= 0.6 is 11.8 Å². The molecule has 0 bridgehead atoms. The number of Topliss-reactive ketones (excluding diaryl/α,β-unsaturated/α-hetero) is 1. The van der Waals surface area contributed by atoms with E-state index in [9.17, 15) is 4.79 Å². The second-order valence-corrected chi connectivity index (χ2v) is 7.16. The zero-order valence-electron chi connectivity index (χ0n) is 11.4. The van der Waals surface area contributed by atoms with Gasteiger partial charge in [-0.15, -0.1) is 0 Å². The number of carbonyl (C=O) groups is 1. The lowest BCUT2D eigenvalue weighted by molar-refractivity contribution is 0.0958. The van der Waals surface area contributed by atoms with Crippen LogP contribution in [0.15, 0.2) is 24.3 Å². The molecule has 2 heteroatoms. The van der Waals surface area contributed by atoms with Crippen LogP contribution in [-0.4, -0.2) is 17.3 Å². The SMILES string of the molecule is O=C(CC1CCSCC1)c1ccc(C2CCC2)cc1. The summed E-state index contributed by atoms with van der Waals surface area (Å²) < 4.78 is 0. The first kappa shape index (κ1) is 13.2. The molecule has 0 radical (unpaired) electrons. The molecule has 1 aromatic carbocycles. The molecule has 0 atom stereocenters. The summed E-state index contributed by atoms with van der Waals surface area (Å²) in [5, 5.41) is 0. The minimum atomic E-state index is 0.344. The van der Waals surface area contributed by atoms with Gasteiger partial charge in [-0.25, -0.2) is 0 Å². The van der Waals surface area contributed by atoms with E-state index < -0.39 is 0 Å². The second kappa shape index (κ2) is 6.13. The molecule has 1 saturated carbocycles. The minimum absolute atomic E-state index is 0.344. The number of ketones is 1. The highest BCUT2D eigenvalue weighted by Gasteiger charge is 2.21. The van der Waals surface area contributed by atoms with Crippen molar-refractivity contribution in [3.63, 3.8) is 0 Å². The number of hydrogen-bond acceptors (Lipinski definition) is 2. The van der Waals surface area contributed by atoms with Crippen LogP contribution in [0.1, 0.15) is 60.4 Å². The first-order valence-electron chi connectivity index (χ1n) is 7.54. The zero-order valence-corrected chi connectivity index (χ0v) is 12.3. The van der Waals surface area contributed by atoms with Crippen molar-refractivity contribution in [2.24, 2.45) is 5.92 Å². The highest BCUT2D eigenvalue weighted by Crippen LogP contribution is 2.36. The quantitative estimate of drug-likeness (QED) is 0.742. The smallest absolute Gasteiger partial charge is 0.163 e. The van der Waals surface area contributed by atoms with Crippen LogP contribution in [0, 0.1) is 5.92 Å². The van der Waals surface area contributed by atoms with Gasteiger partial charge in [-0.2, -0.15) is 11.8 Å². The van der Waals surface area contributed by atoms with Gasteiger partial charge < -0.3 is 0 Å². The van der Waals surface area contributed by atoms with Crippen LogP contribution < -0.4 is 0 Å². The van der Waals surface area contributed by atoms with E-state index in [4.69, 9.17) is 0 Å². The highest BCUT2D eigenvalue weighted by atomic mass is 32.2. The summed E-state index contributed by atoms with van der Waals surface area (Å²) in [4.78, 5) is 12.3.